The molecule has 0 unspecified atom stereocenters. The number of hydrogen-bond acceptors (Lipinski definition) is 1. The van der Waals surface area contributed by atoms with Crippen molar-refractivity contribution in [3.8, 4) is 0 Å². The molecule has 0 aromatic rings. The van der Waals surface area contributed by atoms with E-state index in [4.69, 9.17) is 4.74 Å². The van der Waals surface area contributed by atoms with Crippen molar-refractivity contribution in [2.24, 2.45) is 11.8 Å². The highest BCUT2D eigenvalue weighted by Gasteiger charge is 2.59. The highest BCUT2D eigenvalue weighted by atomic mass is 16.5. The zero-order valence-electron chi connectivity index (χ0n) is 11.5. The lowest BCUT2D eigenvalue weighted by atomic mass is 9.80. The fourth-order valence-electron chi connectivity index (χ4n) is 3.82. The van der Waals surface area contributed by atoms with Gasteiger partial charge in [-0.1, -0.05) is 18.6 Å². The van der Waals surface area contributed by atoms with Gasteiger partial charge in [-0.2, -0.15) is 0 Å². The van der Waals surface area contributed by atoms with Crippen LogP contribution in [0.1, 0.15) is 60.3 Å². The molecule has 2 aliphatic rings. The van der Waals surface area contributed by atoms with E-state index in [1.54, 1.807) is 0 Å². The van der Waals surface area contributed by atoms with E-state index in [0.717, 1.165) is 18.3 Å². The molecule has 0 aromatic carbocycles. The van der Waals surface area contributed by atoms with Gasteiger partial charge < -0.3 is 4.74 Å². The maximum atomic E-state index is 6.40. The van der Waals surface area contributed by atoms with Crippen molar-refractivity contribution in [3.05, 3.63) is 11.6 Å². The summed E-state index contributed by atoms with van der Waals surface area (Å²) < 4.78 is 6.40. The molecule has 2 bridgehead atoms. The number of allylic oxidation sites excluding steroid dienone is 2. The molecule has 0 amide bonds. The minimum atomic E-state index is 0.137. The van der Waals surface area contributed by atoms with E-state index in [1.165, 1.54) is 24.8 Å². The van der Waals surface area contributed by atoms with Crippen molar-refractivity contribution in [2.45, 2.75) is 71.5 Å². The maximum Gasteiger partial charge on any atom is 0.0696 e. The van der Waals surface area contributed by atoms with Crippen molar-refractivity contribution in [3.63, 3.8) is 0 Å². The highest BCUT2D eigenvalue weighted by Crippen LogP contribution is 2.58. The van der Waals surface area contributed by atoms with Crippen LogP contribution in [-0.4, -0.2) is 11.2 Å². The Balaban J connectivity index is 2.03. The molecule has 1 aliphatic heterocycles. The zero-order chi connectivity index (χ0) is 12.0. The monoisotopic (exact) mass is 222 g/mol. The van der Waals surface area contributed by atoms with E-state index in [9.17, 15) is 0 Å². The second kappa shape index (κ2) is 3.87. The summed E-state index contributed by atoms with van der Waals surface area (Å²) in [7, 11) is 0. The lowest BCUT2D eigenvalue weighted by Crippen LogP contribution is -2.38. The van der Waals surface area contributed by atoms with E-state index in [1.807, 2.05) is 0 Å². The van der Waals surface area contributed by atoms with Gasteiger partial charge in [-0.25, -0.2) is 0 Å². The molecule has 1 heteroatoms. The van der Waals surface area contributed by atoms with E-state index in [0.29, 0.717) is 0 Å². The van der Waals surface area contributed by atoms with Crippen LogP contribution in [0.3, 0.4) is 0 Å². The third-order valence-electron chi connectivity index (χ3n) is 4.96. The van der Waals surface area contributed by atoms with Gasteiger partial charge in [0.2, 0.25) is 0 Å². The Morgan fingerprint density at radius 2 is 2.06 bits per heavy atom. The molecule has 2 rings (SSSR count). The van der Waals surface area contributed by atoms with Gasteiger partial charge in [-0.05, 0) is 65.2 Å². The molecule has 1 aliphatic carbocycles. The summed E-state index contributed by atoms with van der Waals surface area (Å²) in [5, 5.41) is 0. The molecule has 1 saturated heterocycles. The molecule has 92 valence electrons. The molecule has 2 fully saturated rings. The molecule has 1 heterocycles. The molecular formula is C15H26O. The molecule has 16 heavy (non-hydrogen) atoms. The van der Waals surface area contributed by atoms with Crippen molar-refractivity contribution in [2.75, 3.05) is 0 Å². The first-order valence-corrected chi connectivity index (χ1v) is 6.71. The van der Waals surface area contributed by atoms with Crippen molar-refractivity contribution in [1.29, 1.82) is 0 Å². The first-order chi connectivity index (χ1) is 7.37. The third kappa shape index (κ3) is 1.84. The topological polar surface area (TPSA) is 9.23 Å². The lowest BCUT2D eigenvalue weighted by molar-refractivity contribution is -0.127. The first kappa shape index (κ1) is 12.2. The van der Waals surface area contributed by atoms with Gasteiger partial charge in [-0.15, -0.1) is 0 Å². The van der Waals surface area contributed by atoms with Crippen LogP contribution < -0.4 is 0 Å². The summed E-state index contributed by atoms with van der Waals surface area (Å²) in [6, 6.07) is 0. The Morgan fingerprint density at radius 1 is 1.38 bits per heavy atom. The SMILES string of the molecule is CC(C)=CCC[C@]1(C)O[C@]2(C)CC[C@H]1[C@H]2C. The van der Waals surface area contributed by atoms with Crippen LogP contribution >= 0.6 is 0 Å². The van der Waals surface area contributed by atoms with Gasteiger partial charge >= 0.3 is 0 Å². The molecule has 0 N–H and O–H groups in total. The summed E-state index contributed by atoms with van der Waals surface area (Å²) in [6.45, 7) is 11.4. The first-order valence-electron chi connectivity index (χ1n) is 6.71. The quantitative estimate of drug-likeness (QED) is 0.646. The van der Waals surface area contributed by atoms with Gasteiger partial charge in [0.25, 0.3) is 0 Å². The van der Waals surface area contributed by atoms with Gasteiger partial charge in [0, 0.05) is 0 Å². The minimum absolute atomic E-state index is 0.137. The van der Waals surface area contributed by atoms with Gasteiger partial charge in [0.1, 0.15) is 0 Å². The fraction of sp³-hybridized carbons (Fsp3) is 0.867. The molecule has 1 saturated carbocycles. The van der Waals surface area contributed by atoms with E-state index < -0.39 is 0 Å². The molecule has 4 atom stereocenters. The molecule has 0 spiro atoms. The maximum absolute atomic E-state index is 6.40. The van der Waals surface area contributed by atoms with Crippen LogP contribution in [0, 0.1) is 11.8 Å². The van der Waals surface area contributed by atoms with E-state index >= 15 is 0 Å². The van der Waals surface area contributed by atoms with Crippen molar-refractivity contribution < 1.29 is 4.74 Å². The average Bonchev–Trinajstić information content (AvgIpc) is 2.51. The summed E-state index contributed by atoms with van der Waals surface area (Å²) in [5.41, 5.74) is 1.73. The number of hydrogen-bond donors (Lipinski definition) is 0. The summed E-state index contributed by atoms with van der Waals surface area (Å²) in [5.74, 6) is 1.52. The fourth-order valence-corrected chi connectivity index (χ4v) is 3.82. The van der Waals surface area contributed by atoms with Crippen LogP contribution in [0.25, 0.3) is 0 Å². The number of ether oxygens (including phenoxy) is 1. The Kier molecular flexibility index (Phi) is 2.94. The Morgan fingerprint density at radius 3 is 2.50 bits per heavy atom. The predicted molar refractivity (Wildman–Crippen MR) is 68.4 cm³/mol. The van der Waals surface area contributed by atoms with Gasteiger partial charge in [0.05, 0.1) is 11.2 Å². The number of fused-ring (bicyclic) bond motifs is 2. The average molecular weight is 222 g/mol. The standard InChI is InChI=1S/C15H26O/c1-11(2)7-6-9-15(5)13-8-10-14(4,16-15)12(13)3/h7,12-13H,6,8-10H2,1-5H3/t12-,13+,14-,15+/m1/s1. The van der Waals surface area contributed by atoms with Crippen molar-refractivity contribution >= 4 is 0 Å². The van der Waals surface area contributed by atoms with Crippen LogP contribution in [0.2, 0.25) is 0 Å². The van der Waals surface area contributed by atoms with Gasteiger partial charge in [0.15, 0.2) is 0 Å². The summed E-state index contributed by atoms with van der Waals surface area (Å²) >= 11 is 0. The van der Waals surface area contributed by atoms with Crippen LogP contribution in [0.4, 0.5) is 0 Å². The normalized spacial score (nSPS) is 46.1. The van der Waals surface area contributed by atoms with Crippen LogP contribution in [0.15, 0.2) is 11.6 Å². The van der Waals surface area contributed by atoms with E-state index in [-0.39, 0.29) is 11.2 Å². The summed E-state index contributed by atoms with van der Waals surface area (Å²) in [6.07, 6.45) is 7.31. The molecule has 0 radical (unpaired) electrons. The number of rotatable bonds is 3. The van der Waals surface area contributed by atoms with Gasteiger partial charge in [-0.3, -0.25) is 0 Å². The Bertz CT molecular complexity index is 303. The predicted octanol–water partition coefficient (Wildman–Crippen LogP) is 4.33. The zero-order valence-corrected chi connectivity index (χ0v) is 11.5. The third-order valence-corrected chi connectivity index (χ3v) is 4.96. The van der Waals surface area contributed by atoms with Crippen molar-refractivity contribution in [1.82, 2.24) is 0 Å². The smallest absolute Gasteiger partial charge is 0.0696 e. The minimum Gasteiger partial charge on any atom is -0.369 e. The Hall–Kier alpha value is -0.300. The Labute approximate surface area is 100 Å². The van der Waals surface area contributed by atoms with Crippen LogP contribution in [-0.2, 0) is 4.74 Å². The second-order valence-corrected chi connectivity index (χ2v) is 6.48. The lowest BCUT2D eigenvalue weighted by Gasteiger charge is -2.37. The second-order valence-electron chi connectivity index (χ2n) is 6.48. The van der Waals surface area contributed by atoms with E-state index in [2.05, 4.69) is 40.7 Å². The highest BCUT2D eigenvalue weighted by molar-refractivity contribution is 5.09. The van der Waals surface area contributed by atoms with Crippen LogP contribution in [0.5, 0.6) is 0 Å². The summed E-state index contributed by atoms with van der Waals surface area (Å²) in [4.78, 5) is 0. The molecule has 1 nitrogen and oxygen atoms in total. The molecular weight excluding hydrogens is 196 g/mol. The largest absolute Gasteiger partial charge is 0.369 e. The molecule has 0 aromatic heterocycles.